The molecular weight excluding hydrogens is 316 g/mol. The molecule has 1 N–H and O–H groups in total. The molecule has 1 amide bonds. The fraction of sp³-hybridized carbons (Fsp3) is 0.600. The summed E-state index contributed by atoms with van der Waals surface area (Å²) in [4.78, 5) is 21.9. The molecule has 8 heteroatoms. The topological polar surface area (TPSA) is 90.1 Å². The van der Waals surface area contributed by atoms with Gasteiger partial charge in [-0.25, -0.2) is 4.98 Å². The number of nitrogens with one attached hydrogen (secondary N) is 1. The number of nitrogens with zero attached hydrogens (tertiary/aromatic N) is 3. The lowest BCUT2D eigenvalue weighted by molar-refractivity contribution is 0.0468. The van der Waals surface area contributed by atoms with Gasteiger partial charge >= 0.3 is 0 Å². The van der Waals surface area contributed by atoms with E-state index < -0.39 is 0 Å². The first-order valence-electron chi connectivity index (χ1n) is 7.80. The quantitative estimate of drug-likeness (QED) is 0.901. The van der Waals surface area contributed by atoms with Crippen molar-refractivity contribution in [1.82, 2.24) is 20.4 Å². The summed E-state index contributed by atoms with van der Waals surface area (Å²) < 4.78 is 10.7. The van der Waals surface area contributed by atoms with Gasteiger partial charge in [0.15, 0.2) is 5.82 Å². The Morgan fingerprint density at radius 1 is 1.48 bits per heavy atom. The summed E-state index contributed by atoms with van der Waals surface area (Å²) >= 11 is 1.36. The molecule has 2 aromatic rings. The lowest BCUT2D eigenvalue weighted by Crippen LogP contribution is -2.36. The molecule has 0 radical (unpaired) electrons. The molecule has 0 saturated carbocycles. The van der Waals surface area contributed by atoms with Crippen molar-refractivity contribution in [3.8, 4) is 0 Å². The smallest absolute Gasteiger partial charge is 0.263 e. The molecule has 0 spiro atoms. The van der Waals surface area contributed by atoms with Crippen LogP contribution in [0.15, 0.2) is 10.0 Å². The Hall–Kier alpha value is -1.80. The van der Waals surface area contributed by atoms with E-state index in [1.807, 2.05) is 6.92 Å². The summed E-state index contributed by atoms with van der Waals surface area (Å²) in [7, 11) is 0. The summed E-state index contributed by atoms with van der Waals surface area (Å²) in [6.07, 6.45) is 2.44. The third-order valence-electron chi connectivity index (χ3n) is 4.02. The molecule has 2 aromatic heterocycles. The monoisotopic (exact) mass is 336 g/mol. The van der Waals surface area contributed by atoms with Gasteiger partial charge in [0.1, 0.15) is 10.9 Å². The highest BCUT2D eigenvalue weighted by molar-refractivity contribution is 7.11. The van der Waals surface area contributed by atoms with Gasteiger partial charge in [-0.05, 0) is 32.1 Å². The highest BCUT2D eigenvalue weighted by Gasteiger charge is 2.32. The molecule has 124 valence electrons. The predicted molar refractivity (Wildman–Crippen MR) is 84.3 cm³/mol. The summed E-state index contributed by atoms with van der Waals surface area (Å²) in [5.74, 6) is 1.13. The van der Waals surface area contributed by atoms with Crippen LogP contribution in [0, 0.1) is 12.8 Å². The second kappa shape index (κ2) is 7.18. The molecule has 7 nitrogen and oxygen atoms in total. The van der Waals surface area contributed by atoms with E-state index >= 15 is 0 Å². The normalized spacial score (nSPS) is 17.1. The van der Waals surface area contributed by atoms with Gasteiger partial charge in [-0.15, -0.1) is 11.3 Å². The van der Waals surface area contributed by atoms with Gasteiger partial charge in [0.25, 0.3) is 5.91 Å². The Kier molecular flexibility index (Phi) is 5.02. The van der Waals surface area contributed by atoms with E-state index in [2.05, 4.69) is 20.4 Å². The van der Waals surface area contributed by atoms with E-state index in [1.54, 1.807) is 12.4 Å². The molecule has 1 atom stereocenters. The maximum absolute atomic E-state index is 12.7. The molecule has 3 heterocycles. The second-order valence-electron chi connectivity index (χ2n) is 5.56. The number of aromatic nitrogens is 3. The van der Waals surface area contributed by atoms with Crippen LogP contribution >= 0.6 is 11.3 Å². The summed E-state index contributed by atoms with van der Waals surface area (Å²) in [6, 6.07) is -0.292. The molecule has 3 rings (SSSR count). The van der Waals surface area contributed by atoms with Crippen LogP contribution in [0.3, 0.4) is 0 Å². The molecule has 1 aliphatic heterocycles. The maximum Gasteiger partial charge on any atom is 0.263 e. The zero-order valence-corrected chi connectivity index (χ0v) is 14.1. The van der Waals surface area contributed by atoms with Gasteiger partial charge in [0, 0.05) is 13.2 Å². The van der Waals surface area contributed by atoms with Crippen LogP contribution in [0.4, 0.5) is 0 Å². The van der Waals surface area contributed by atoms with E-state index in [-0.39, 0.29) is 17.9 Å². The third-order valence-corrected chi connectivity index (χ3v) is 4.88. The number of carbonyl (C=O) groups excluding carboxylic acids is 1. The van der Waals surface area contributed by atoms with Gasteiger partial charge in [-0.3, -0.25) is 4.79 Å². The van der Waals surface area contributed by atoms with E-state index in [0.717, 1.165) is 25.0 Å². The number of ether oxygens (including phenoxy) is 1. The average Bonchev–Trinajstić information content (AvgIpc) is 3.21. The number of hydrogen-bond donors (Lipinski definition) is 1. The van der Waals surface area contributed by atoms with Crippen molar-refractivity contribution in [2.75, 3.05) is 13.2 Å². The largest absolute Gasteiger partial charge is 0.381 e. The second-order valence-corrected chi connectivity index (χ2v) is 6.42. The van der Waals surface area contributed by atoms with E-state index in [9.17, 15) is 4.79 Å². The van der Waals surface area contributed by atoms with Crippen LogP contribution in [0.25, 0.3) is 0 Å². The van der Waals surface area contributed by atoms with Crippen molar-refractivity contribution < 1.29 is 14.1 Å². The van der Waals surface area contributed by atoms with Crippen molar-refractivity contribution in [2.24, 2.45) is 5.92 Å². The van der Waals surface area contributed by atoms with Crippen molar-refractivity contribution in [2.45, 2.75) is 39.2 Å². The van der Waals surface area contributed by atoms with Gasteiger partial charge < -0.3 is 14.6 Å². The molecule has 1 unspecified atom stereocenters. The lowest BCUT2D eigenvalue weighted by Gasteiger charge is -2.28. The highest BCUT2D eigenvalue weighted by Crippen LogP contribution is 2.30. The lowest BCUT2D eigenvalue weighted by atomic mass is 9.91. The third kappa shape index (κ3) is 3.59. The Bertz CT molecular complexity index is 663. The van der Waals surface area contributed by atoms with E-state index in [0.29, 0.717) is 29.8 Å². The van der Waals surface area contributed by atoms with Gasteiger partial charge in [0.2, 0.25) is 5.89 Å². The standard InChI is InChI=1S/C15H20N4O3S/c1-3-11-13(23-8-16-11)14(20)18-12(10-4-6-21-7-5-10)15-17-9(2)19-22-15/h8,10,12H,3-7H2,1-2H3,(H,18,20). The first kappa shape index (κ1) is 16.1. The summed E-state index contributed by atoms with van der Waals surface area (Å²) in [5, 5.41) is 6.93. The first-order valence-corrected chi connectivity index (χ1v) is 8.68. The van der Waals surface area contributed by atoms with Gasteiger partial charge in [-0.1, -0.05) is 12.1 Å². The minimum Gasteiger partial charge on any atom is -0.381 e. The van der Waals surface area contributed by atoms with Crippen molar-refractivity contribution in [1.29, 1.82) is 0 Å². The van der Waals surface area contributed by atoms with E-state index in [1.165, 1.54) is 11.3 Å². The molecule has 1 aliphatic rings. The Morgan fingerprint density at radius 2 is 2.26 bits per heavy atom. The number of carbonyl (C=O) groups is 1. The zero-order chi connectivity index (χ0) is 16.2. The minimum absolute atomic E-state index is 0.128. The summed E-state index contributed by atoms with van der Waals surface area (Å²) in [6.45, 7) is 5.13. The van der Waals surface area contributed by atoms with Crippen molar-refractivity contribution in [3.05, 3.63) is 27.8 Å². The number of thiazole rings is 1. The Morgan fingerprint density at radius 3 is 2.91 bits per heavy atom. The van der Waals surface area contributed by atoms with Crippen LogP contribution in [0.2, 0.25) is 0 Å². The number of aryl methyl sites for hydroxylation is 2. The Balaban J connectivity index is 1.82. The molecule has 0 aromatic carbocycles. The van der Waals surface area contributed by atoms with Crippen LogP contribution < -0.4 is 5.32 Å². The molecular formula is C15H20N4O3S. The SMILES string of the molecule is CCc1ncsc1C(=O)NC(c1nc(C)no1)C1CCOCC1. The van der Waals surface area contributed by atoms with Crippen molar-refractivity contribution >= 4 is 17.2 Å². The minimum atomic E-state index is -0.292. The van der Waals surface area contributed by atoms with Crippen LogP contribution in [-0.2, 0) is 11.2 Å². The Labute approximate surface area is 138 Å². The highest BCUT2D eigenvalue weighted by atomic mass is 32.1. The fourth-order valence-corrected chi connectivity index (χ4v) is 3.57. The first-order chi connectivity index (χ1) is 11.2. The van der Waals surface area contributed by atoms with Gasteiger partial charge in [0.05, 0.1) is 11.2 Å². The number of amides is 1. The molecule has 1 saturated heterocycles. The zero-order valence-electron chi connectivity index (χ0n) is 13.2. The van der Waals surface area contributed by atoms with Crippen LogP contribution in [-0.4, -0.2) is 34.2 Å². The fourth-order valence-electron chi connectivity index (χ4n) is 2.78. The summed E-state index contributed by atoms with van der Waals surface area (Å²) in [5.41, 5.74) is 2.52. The van der Waals surface area contributed by atoms with Gasteiger partial charge in [-0.2, -0.15) is 4.98 Å². The number of hydrogen-bond acceptors (Lipinski definition) is 7. The number of rotatable bonds is 5. The predicted octanol–water partition coefficient (Wildman–Crippen LogP) is 2.29. The molecule has 23 heavy (non-hydrogen) atoms. The van der Waals surface area contributed by atoms with E-state index in [4.69, 9.17) is 9.26 Å². The maximum atomic E-state index is 12.7. The van der Waals surface area contributed by atoms with Crippen LogP contribution in [0.1, 0.15) is 52.9 Å². The van der Waals surface area contributed by atoms with Crippen molar-refractivity contribution in [3.63, 3.8) is 0 Å². The molecule has 0 bridgehead atoms. The van der Waals surface area contributed by atoms with Crippen LogP contribution in [0.5, 0.6) is 0 Å². The average molecular weight is 336 g/mol. The molecule has 1 fully saturated rings. The molecule has 0 aliphatic carbocycles.